The number of aliphatic hydroxyl groups is 2. The number of benzene rings is 2. The quantitative estimate of drug-likeness (QED) is 0.0176. The summed E-state index contributed by atoms with van der Waals surface area (Å²) >= 11 is 0. The van der Waals surface area contributed by atoms with Crippen molar-refractivity contribution in [1.82, 2.24) is 9.88 Å². The summed E-state index contributed by atoms with van der Waals surface area (Å²) in [5.41, 5.74) is 1.57. The third-order valence-electron chi connectivity index (χ3n) is 17.3. The molecule has 110 heavy (non-hydrogen) atoms. The van der Waals surface area contributed by atoms with E-state index in [1.165, 1.54) is 26.4 Å². The summed E-state index contributed by atoms with van der Waals surface area (Å²) in [6.45, 7) is 6.97. The molecule has 3 rings (SSSR count). The Morgan fingerprint density at radius 2 is 0.864 bits per heavy atom. The second kappa shape index (κ2) is 61.1. The van der Waals surface area contributed by atoms with Gasteiger partial charge >= 0.3 is 47.8 Å². The van der Waals surface area contributed by atoms with Crippen LogP contribution >= 0.6 is 0 Å². The Labute approximate surface area is 649 Å². The van der Waals surface area contributed by atoms with Gasteiger partial charge in [0.05, 0.1) is 78.4 Å². The predicted octanol–water partition coefficient (Wildman–Crippen LogP) is 12.8. The van der Waals surface area contributed by atoms with Crippen molar-refractivity contribution in [2.24, 2.45) is 10.2 Å². The molecule has 0 unspecified atom stereocenters. The Kier molecular flexibility index (Phi) is 53.2. The number of para-hydroxylation sites is 1. The number of carbonyl (C=O) groups is 8. The summed E-state index contributed by atoms with van der Waals surface area (Å²) in [6.07, 6.45) is 18.1. The first-order chi connectivity index (χ1) is 53.4. The molecule has 0 atom stereocenters. The molecule has 0 aliphatic heterocycles. The van der Waals surface area contributed by atoms with Gasteiger partial charge in [0.15, 0.2) is 15.7 Å². The summed E-state index contributed by atoms with van der Waals surface area (Å²) in [6, 6.07) is 14.1. The highest BCUT2D eigenvalue weighted by Crippen LogP contribution is 2.41. The minimum atomic E-state index is -4.01. The Morgan fingerprint density at radius 1 is 0.473 bits per heavy atom. The maximum atomic E-state index is 14.0. The lowest BCUT2D eigenvalue weighted by Gasteiger charge is -2.20. The van der Waals surface area contributed by atoms with E-state index in [1.807, 2.05) is 42.2 Å². The number of nitrogens with zero attached hydrogens (tertiary/aromatic N) is 5. The fraction of sp³-hybridized carbons (Fsp3) is 0.671. The van der Waals surface area contributed by atoms with Crippen LogP contribution < -0.4 is 20.1 Å². The van der Waals surface area contributed by atoms with E-state index < -0.39 is 15.8 Å². The van der Waals surface area contributed by atoms with Crippen LogP contribution in [0.4, 0.5) is 28.7 Å². The van der Waals surface area contributed by atoms with Crippen LogP contribution in [0.3, 0.4) is 0 Å². The molecule has 0 aliphatic carbocycles. The van der Waals surface area contributed by atoms with Gasteiger partial charge in [0.1, 0.15) is 52.9 Å². The van der Waals surface area contributed by atoms with Crippen molar-refractivity contribution in [3.63, 3.8) is 0 Å². The van der Waals surface area contributed by atoms with E-state index >= 15 is 0 Å². The van der Waals surface area contributed by atoms with Crippen LogP contribution in [0.5, 0.6) is 11.5 Å². The lowest BCUT2D eigenvalue weighted by molar-refractivity contribution is -0.146. The molecule has 0 saturated heterocycles. The van der Waals surface area contributed by atoms with E-state index in [0.717, 1.165) is 25.7 Å². The number of azo groups is 1. The zero-order valence-electron chi connectivity index (χ0n) is 65.3. The monoisotopic (exact) mass is 1570 g/mol. The van der Waals surface area contributed by atoms with Gasteiger partial charge in [-0.2, -0.15) is 5.26 Å². The summed E-state index contributed by atoms with van der Waals surface area (Å²) in [4.78, 5) is 103. The van der Waals surface area contributed by atoms with Crippen molar-refractivity contribution in [2.75, 3.05) is 136 Å². The van der Waals surface area contributed by atoms with Crippen LogP contribution in [0.25, 0.3) is 0 Å². The Hall–Kier alpha value is -8.57. The van der Waals surface area contributed by atoms with Gasteiger partial charge in [0.2, 0.25) is 0 Å². The number of rotatable bonds is 67. The maximum Gasteiger partial charge on any atom is 0.305 e. The molecule has 31 heteroatoms. The fourth-order valence-electron chi connectivity index (χ4n) is 10.8. The van der Waals surface area contributed by atoms with E-state index in [0.29, 0.717) is 185 Å². The molecule has 1 aromatic heterocycles. The molecular weight excluding hydrogens is 1450 g/mol. The lowest BCUT2D eigenvalue weighted by atomic mass is 10.1. The summed E-state index contributed by atoms with van der Waals surface area (Å²) in [5, 5.41) is 43.5. The highest BCUT2D eigenvalue weighted by atomic mass is 32.2. The Bertz CT molecular complexity index is 3340. The van der Waals surface area contributed by atoms with Gasteiger partial charge in [0.25, 0.3) is 0 Å². The van der Waals surface area contributed by atoms with E-state index in [9.17, 15) is 52.0 Å². The summed E-state index contributed by atoms with van der Waals surface area (Å²) in [7, 11) is -1.31. The van der Waals surface area contributed by atoms with Crippen LogP contribution in [0, 0.1) is 18.3 Å². The van der Waals surface area contributed by atoms with Crippen LogP contribution in [0.2, 0.25) is 0 Å². The van der Waals surface area contributed by atoms with Gasteiger partial charge in [-0.25, -0.2) is 13.4 Å². The van der Waals surface area contributed by atoms with Crippen LogP contribution in [-0.2, 0) is 90.8 Å². The number of methoxy groups -OCH3 is 2. The highest BCUT2D eigenvalue weighted by molar-refractivity contribution is 7.91. The van der Waals surface area contributed by atoms with Crippen LogP contribution in [-0.4, -0.2) is 202 Å². The number of aromatic nitrogens is 1. The second-order valence-corrected chi connectivity index (χ2v) is 28.2. The second-order valence-electron chi connectivity index (χ2n) is 26.1. The normalized spacial score (nSPS) is 11.2. The number of carbonyl (C=O) groups excluding carboxylic acids is 8. The zero-order valence-corrected chi connectivity index (χ0v) is 66.1. The van der Waals surface area contributed by atoms with E-state index in [1.54, 1.807) is 6.92 Å². The number of sulfone groups is 1. The molecule has 0 radical (unpaired) electrons. The predicted molar refractivity (Wildman–Crippen MR) is 410 cm³/mol. The number of ether oxygens (including phenoxy) is 11. The van der Waals surface area contributed by atoms with Crippen molar-refractivity contribution in [3.8, 4) is 17.6 Å². The molecule has 616 valence electrons. The third-order valence-corrected chi connectivity index (χ3v) is 19.0. The number of unbranched alkanes of at least 4 members (excludes halogenated alkanes) is 16. The number of nitrogens with one attached hydrogen (secondary N) is 2. The SMILES string of the molecule is CCN(CCOC(=O)CCCCCOC(=O)CCCCCOC(=O)CCCCCOC(=O)CCCCCO)CCS(=O)(=O)c1cc(OC)c(N=Nc2c(Nc3ccccc3)nc(NCCOCCOC(=O)CCCCCOC(=O)CCCCCOC(=O)CCCCCOC(=O)CCCCCO)c(C#N)c2C)cc1OC. The first-order valence-electron chi connectivity index (χ1n) is 39.1. The number of pyridine rings is 1. The van der Waals surface area contributed by atoms with E-state index in [-0.39, 0.29) is 204 Å². The van der Waals surface area contributed by atoms with Gasteiger partial charge in [-0.3, -0.25) is 43.3 Å². The number of nitriles is 1. The first kappa shape index (κ1) is 95.6. The molecule has 1 heterocycles. The molecule has 0 saturated carbocycles. The first-order valence-corrected chi connectivity index (χ1v) is 40.7. The summed E-state index contributed by atoms with van der Waals surface area (Å²) in [5.74, 6) is -2.19. The third kappa shape index (κ3) is 44.9. The summed E-state index contributed by atoms with van der Waals surface area (Å²) < 4.78 is 87.4. The smallest absolute Gasteiger partial charge is 0.305 e. The standard InChI is InChI=1S/C79H121N7O23S/c1-5-86(44-55-108-75(95)41-23-13-31-52-106-73(93)39-21-11-29-50-104-71(91)37-19-9-27-48-102-69(89)35-17-7-25-46-87)45-58-110(97,98)68-60-66(99-3)65(59-67(68)100-4)84-85-77-62(2)64(61-80)78(83-79(77)82-63-33-15-6-16-34-63)81-43-54-101-56-57-109-76(96)42-24-14-32-53-107-74(94)40-22-12-30-51-105-72(92)38-20-10-28-49-103-70(90)36-18-8-26-47-88/h6,15-16,33-34,59-60,87-88H,5,7-14,17-32,35-58H2,1-4H3,(H2,81,82,83). The number of hydrogen-bond donors (Lipinski definition) is 4. The minimum absolute atomic E-state index is 0.0110. The van der Waals surface area contributed by atoms with Gasteiger partial charge in [-0.1, -0.05) is 38.0 Å². The van der Waals surface area contributed by atoms with Crippen molar-refractivity contribution in [3.05, 3.63) is 53.6 Å². The number of anilines is 3. The van der Waals surface area contributed by atoms with Crippen LogP contribution in [0.15, 0.2) is 57.6 Å². The molecule has 0 bridgehead atoms. The minimum Gasteiger partial charge on any atom is -0.495 e. The van der Waals surface area contributed by atoms with Crippen molar-refractivity contribution < 1.29 is 109 Å². The van der Waals surface area contributed by atoms with Crippen molar-refractivity contribution in [1.29, 1.82) is 5.26 Å². The highest BCUT2D eigenvalue weighted by Gasteiger charge is 2.26. The molecule has 0 fully saturated rings. The zero-order chi connectivity index (χ0) is 80.1. The number of likely N-dealkylation sites (N-methyl/N-ethyl adjacent to an activating group) is 1. The fourth-order valence-corrected chi connectivity index (χ4v) is 12.3. The topological polar surface area (TPSA) is 401 Å². The van der Waals surface area contributed by atoms with Gasteiger partial charge < -0.3 is 73.0 Å². The maximum absolute atomic E-state index is 14.0. The van der Waals surface area contributed by atoms with E-state index in [4.69, 9.17) is 67.3 Å². The Balaban J connectivity index is 1.34. The van der Waals surface area contributed by atoms with Crippen molar-refractivity contribution >= 4 is 86.3 Å². The van der Waals surface area contributed by atoms with E-state index in [2.05, 4.69) is 26.9 Å². The molecule has 0 aliphatic rings. The Morgan fingerprint density at radius 3 is 1.25 bits per heavy atom. The van der Waals surface area contributed by atoms with Gasteiger partial charge in [-0.15, -0.1) is 10.2 Å². The molecule has 3 aromatic rings. The van der Waals surface area contributed by atoms with Crippen molar-refractivity contribution in [2.45, 2.75) is 224 Å². The number of esters is 8. The van der Waals surface area contributed by atoms with Crippen LogP contribution in [0.1, 0.15) is 224 Å². The number of aliphatic hydroxyl groups excluding tert-OH is 2. The molecular formula is C79H121N7O23S. The average Bonchev–Trinajstić information content (AvgIpc) is 0.792. The molecule has 0 amide bonds. The average molecular weight is 1570 g/mol. The molecule has 2 aromatic carbocycles. The molecule has 30 nitrogen and oxygen atoms in total. The van der Waals surface area contributed by atoms with Gasteiger partial charge in [0, 0.05) is 108 Å². The number of hydrogen-bond acceptors (Lipinski definition) is 30. The van der Waals surface area contributed by atoms with Gasteiger partial charge in [-0.05, 0) is 167 Å². The molecule has 4 N–H and O–H groups in total. The largest absolute Gasteiger partial charge is 0.495 e. The molecule has 0 spiro atoms. The lowest BCUT2D eigenvalue weighted by Crippen LogP contribution is -2.32.